The van der Waals surface area contributed by atoms with E-state index in [0.29, 0.717) is 5.82 Å². The largest absolute Gasteiger partial charge is 0.383 e. The van der Waals surface area contributed by atoms with Crippen LogP contribution >= 0.6 is 0 Å². The van der Waals surface area contributed by atoms with E-state index in [9.17, 15) is 0 Å². The Labute approximate surface area is 149 Å². The molecule has 1 aromatic carbocycles. The van der Waals surface area contributed by atoms with Gasteiger partial charge in [0, 0.05) is 38.3 Å². The Hall–Kier alpha value is -2.14. The molecule has 4 rings (SSSR count). The zero-order chi connectivity index (χ0) is 17.4. The van der Waals surface area contributed by atoms with Crippen molar-refractivity contribution in [1.82, 2.24) is 14.9 Å². The second-order valence-electron chi connectivity index (χ2n) is 7.41. The van der Waals surface area contributed by atoms with Crippen LogP contribution in [-0.4, -0.2) is 34.5 Å². The smallest absolute Gasteiger partial charge is 0.227 e. The van der Waals surface area contributed by atoms with E-state index in [1.165, 1.54) is 29.5 Å². The van der Waals surface area contributed by atoms with Crippen molar-refractivity contribution in [3.8, 4) is 0 Å². The van der Waals surface area contributed by atoms with Gasteiger partial charge in [-0.05, 0) is 49.8 Å². The molecule has 0 aliphatic carbocycles. The molecule has 0 amide bonds. The molecule has 0 atom stereocenters. The van der Waals surface area contributed by atoms with E-state index in [1.807, 2.05) is 0 Å². The molecule has 2 N–H and O–H groups in total. The molecule has 1 aromatic heterocycles. The number of benzene rings is 1. The predicted octanol–water partition coefficient (Wildman–Crippen LogP) is 2.83. The van der Waals surface area contributed by atoms with Gasteiger partial charge < -0.3 is 10.6 Å². The monoisotopic (exact) mass is 337 g/mol. The van der Waals surface area contributed by atoms with Gasteiger partial charge in [0.15, 0.2) is 0 Å². The van der Waals surface area contributed by atoms with E-state index in [0.717, 1.165) is 56.4 Å². The van der Waals surface area contributed by atoms with Gasteiger partial charge in [-0.2, -0.15) is 4.98 Å². The normalized spacial score (nSPS) is 17.8. The van der Waals surface area contributed by atoms with E-state index in [2.05, 4.69) is 46.8 Å². The van der Waals surface area contributed by atoms with Gasteiger partial charge in [0.25, 0.3) is 0 Å². The van der Waals surface area contributed by atoms with Crippen molar-refractivity contribution < 1.29 is 0 Å². The Kier molecular flexibility index (Phi) is 4.34. The van der Waals surface area contributed by atoms with Crippen LogP contribution < -0.4 is 10.6 Å². The summed E-state index contributed by atoms with van der Waals surface area (Å²) in [5, 5.41) is 0. The molecule has 0 radical (unpaired) electrons. The summed E-state index contributed by atoms with van der Waals surface area (Å²) < 4.78 is 0. The van der Waals surface area contributed by atoms with Crippen LogP contribution in [0.1, 0.15) is 40.8 Å². The topological polar surface area (TPSA) is 58.3 Å². The number of aryl methyl sites for hydroxylation is 2. The van der Waals surface area contributed by atoms with E-state index < -0.39 is 0 Å². The van der Waals surface area contributed by atoms with Crippen LogP contribution in [-0.2, 0) is 19.5 Å². The van der Waals surface area contributed by atoms with Gasteiger partial charge in [-0.25, -0.2) is 4.98 Å². The van der Waals surface area contributed by atoms with Gasteiger partial charge in [-0.1, -0.05) is 18.2 Å². The van der Waals surface area contributed by atoms with Crippen molar-refractivity contribution in [2.24, 2.45) is 0 Å². The highest BCUT2D eigenvalue weighted by molar-refractivity contribution is 5.49. The number of hydrogen-bond acceptors (Lipinski definition) is 5. The van der Waals surface area contributed by atoms with Crippen molar-refractivity contribution in [1.29, 1.82) is 0 Å². The molecule has 0 bridgehead atoms. The van der Waals surface area contributed by atoms with E-state index in [4.69, 9.17) is 10.7 Å². The first-order chi connectivity index (χ1) is 12.1. The summed E-state index contributed by atoms with van der Waals surface area (Å²) in [4.78, 5) is 14.2. The number of aromatic nitrogens is 2. The first-order valence-corrected chi connectivity index (χ1v) is 9.29. The van der Waals surface area contributed by atoms with Crippen LogP contribution in [0.5, 0.6) is 0 Å². The van der Waals surface area contributed by atoms with Gasteiger partial charge in [0.1, 0.15) is 5.82 Å². The summed E-state index contributed by atoms with van der Waals surface area (Å²) in [6.07, 6.45) is 3.38. The summed E-state index contributed by atoms with van der Waals surface area (Å²) in [7, 11) is 0. The van der Waals surface area contributed by atoms with E-state index in [-0.39, 0.29) is 0 Å². The Balaban J connectivity index is 1.54. The lowest BCUT2D eigenvalue weighted by Crippen LogP contribution is -2.32. The fourth-order valence-electron chi connectivity index (χ4n) is 3.85. The summed E-state index contributed by atoms with van der Waals surface area (Å²) in [6.45, 7) is 9.27. The average Bonchev–Trinajstić information content (AvgIpc) is 3.12. The van der Waals surface area contributed by atoms with Crippen LogP contribution in [0.25, 0.3) is 0 Å². The van der Waals surface area contributed by atoms with Gasteiger partial charge >= 0.3 is 0 Å². The molecule has 2 aliphatic rings. The average molecular weight is 337 g/mol. The Bertz CT molecular complexity index is 780. The number of hydrogen-bond donors (Lipinski definition) is 1. The number of rotatable bonds is 3. The highest BCUT2D eigenvalue weighted by Crippen LogP contribution is 2.26. The van der Waals surface area contributed by atoms with E-state index >= 15 is 0 Å². The minimum absolute atomic E-state index is 0.678. The number of nitrogens with zero attached hydrogens (tertiary/aromatic N) is 4. The highest BCUT2D eigenvalue weighted by atomic mass is 15.3. The van der Waals surface area contributed by atoms with Gasteiger partial charge in [-0.3, -0.25) is 4.90 Å². The summed E-state index contributed by atoms with van der Waals surface area (Å²) in [5.74, 6) is 1.50. The minimum Gasteiger partial charge on any atom is -0.383 e. The van der Waals surface area contributed by atoms with Crippen LogP contribution in [0, 0.1) is 13.8 Å². The van der Waals surface area contributed by atoms with Crippen LogP contribution in [0.4, 0.5) is 11.8 Å². The summed E-state index contributed by atoms with van der Waals surface area (Å²) in [5.41, 5.74) is 12.6. The maximum Gasteiger partial charge on any atom is 0.227 e. The molecule has 25 heavy (non-hydrogen) atoms. The first-order valence-electron chi connectivity index (χ1n) is 9.29. The molecular weight excluding hydrogens is 310 g/mol. The molecule has 2 aliphatic heterocycles. The van der Waals surface area contributed by atoms with Crippen molar-refractivity contribution in [2.45, 2.75) is 46.2 Å². The number of nitrogens with two attached hydrogens (primary N) is 1. The lowest BCUT2D eigenvalue weighted by molar-refractivity contribution is 0.241. The molecule has 132 valence electrons. The number of fused-ring (bicyclic) bond motifs is 1. The third-order valence-electron chi connectivity index (χ3n) is 5.53. The summed E-state index contributed by atoms with van der Waals surface area (Å²) in [6, 6.07) is 6.75. The maximum atomic E-state index is 6.25. The van der Waals surface area contributed by atoms with Gasteiger partial charge in [0.2, 0.25) is 5.95 Å². The van der Waals surface area contributed by atoms with Crippen molar-refractivity contribution in [3.63, 3.8) is 0 Å². The van der Waals surface area contributed by atoms with Crippen LogP contribution in [0.15, 0.2) is 18.2 Å². The molecule has 0 saturated carbocycles. The first kappa shape index (κ1) is 16.3. The third-order valence-corrected chi connectivity index (χ3v) is 5.53. The lowest BCUT2D eigenvalue weighted by atomic mass is 10.0. The quantitative estimate of drug-likeness (QED) is 0.933. The molecule has 0 spiro atoms. The van der Waals surface area contributed by atoms with Crippen LogP contribution in [0.2, 0.25) is 0 Å². The maximum absolute atomic E-state index is 6.25. The van der Waals surface area contributed by atoms with Crippen LogP contribution in [0.3, 0.4) is 0 Å². The Morgan fingerprint density at radius 1 is 1.04 bits per heavy atom. The zero-order valence-electron chi connectivity index (χ0n) is 15.3. The molecule has 1 saturated heterocycles. The number of anilines is 2. The molecule has 2 aromatic rings. The second kappa shape index (κ2) is 6.64. The highest BCUT2D eigenvalue weighted by Gasteiger charge is 2.24. The van der Waals surface area contributed by atoms with E-state index in [1.54, 1.807) is 0 Å². The Morgan fingerprint density at radius 2 is 1.84 bits per heavy atom. The van der Waals surface area contributed by atoms with Gasteiger partial charge in [-0.15, -0.1) is 0 Å². The van der Waals surface area contributed by atoms with Crippen molar-refractivity contribution >= 4 is 11.8 Å². The fraction of sp³-hybridized carbons (Fsp3) is 0.500. The zero-order valence-corrected chi connectivity index (χ0v) is 15.3. The van der Waals surface area contributed by atoms with Crippen molar-refractivity contribution in [2.75, 3.05) is 30.3 Å². The predicted molar refractivity (Wildman–Crippen MR) is 102 cm³/mol. The molecule has 0 unspecified atom stereocenters. The minimum atomic E-state index is 0.678. The lowest BCUT2D eigenvalue weighted by Gasteiger charge is -2.29. The number of nitrogen functional groups attached to an aromatic ring is 1. The fourth-order valence-corrected chi connectivity index (χ4v) is 3.85. The second-order valence-corrected chi connectivity index (χ2v) is 7.41. The molecular formula is C20H27N5. The molecule has 3 heterocycles. The molecule has 1 fully saturated rings. The molecule has 5 nitrogen and oxygen atoms in total. The third kappa shape index (κ3) is 3.33. The Morgan fingerprint density at radius 3 is 2.60 bits per heavy atom. The van der Waals surface area contributed by atoms with Gasteiger partial charge in [0.05, 0.1) is 5.69 Å². The standard InChI is InChI=1S/C20H27N5/c1-14-5-6-16(11-15(14)2)12-24-10-7-17-18(13-24)22-20(23-19(17)21)25-8-3-4-9-25/h5-6,11H,3-4,7-10,12-13H2,1-2H3,(H2,21,22,23). The SMILES string of the molecule is Cc1ccc(CN2CCc3c(N)nc(N4CCCC4)nc3C2)cc1C. The molecule has 5 heteroatoms. The summed E-state index contributed by atoms with van der Waals surface area (Å²) >= 11 is 0. The van der Waals surface area contributed by atoms with Crippen molar-refractivity contribution in [3.05, 3.63) is 46.1 Å².